The van der Waals surface area contributed by atoms with Gasteiger partial charge < -0.3 is 4.98 Å². The second-order valence-corrected chi connectivity index (χ2v) is 7.98. The van der Waals surface area contributed by atoms with Crippen LogP contribution in [0.5, 0.6) is 0 Å². The van der Waals surface area contributed by atoms with Crippen molar-refractivity contribution in [3.8, 4) is 0 Å². The first-order chi connectivity index (χ1) is 12.0. The molecule has 0 fully saturated rings. The molecule has 3 nitrogen and oxygen atoms in total. The lowest BCUT2D eigenvalue weighted by Crippen LogP contribution is -2.14. The first-order valence-corrected chi connectivity index (χ1v) is 9.38. The van der Waals surface area contributed by atoms with Gasteiger partial charge in [0.05, 0.1) is 10.4 Å². The minimum absolute atomic E-state index is 0.141. The van der Waals surface area contributed by atoms with E-state index in [-0.39, 0.29) is 11.4 Å². The highest BCUT2D eigenvalue weighted by Gasteiger charge is 2.23. The van der Waals surface area contributed by atoms with E-state index < -0.39 is 0 Å². The van der Waals surface area contributed by atoms with E-state index in [1.807, 2.05) is 0 Å². The molecule has 1 atom stereocenters. The van der Waals surface area contributed by atoms with E-state index >= 15 is 0 Å². The topological polar surface area (TPSA) is 45.8 Å². The van der Waals surface area contributed by atoms with E-state index in [1.54, 1.807) is 29.5 Å². The molecule has 0 saturated carbocycles. The summed E-state index contributed by atoms with van der Waals surface area (Å²) in [5.41, 5.74) is 1.75. The standard InChI is InChI=1S/C19H16ClFN2OS/c1-10-2-7-13-15(8-10)25-19-16(13)18(24)22-17(23-19)14(20)9-11-3-5-12(21)6-4-11/h3-6,9-10H,2,7-8H2,1H3,(H,22,23,24)/b14-9-/t10-/m0/s1. The highest BCUT2D eigenvalue weighted by atomic mass is 35.5. The Bertz CT molecular complexity index is 1040. The van der Waals surface area contributed by atoms with E-state index in [2.05, 4.69) is 16.9 Å². The first-order valence-electron chi connectivity index (χ1n) is 8.19. The molecule has 25 heavy (non-hydrogen) atoms. The zero-order chi connectivity index (χ0) is 17.6. The number of nitrogens with zero attached hydrogens (tertiary/aromatic N) is 1. The number of fused-ring (bicyclic) bond motifs is 3. The number of aromatic amines is 1. The molecule has 0 spiro atoms. The number of benzene rings is 1. The van der Waals surface area contributed by atoms with Gasteiger partial charge in [-0.3, -0.25) is 4.79 Å². The summed E-state index contributed by atoms with van der Waals surface area (Å²) in [7, 11) is 0. The summed E-state index contributed by atoms with van der Waals surface area (Å²) in [4.78, 5) is 22.0. The highest BCUT2D eigenvalue weighted by molar-refractivity contribution is 7.18. The van der Waals surface area contributed by atoms with Gasteiger partial charge >= 0.3 is 0 Å². The van der Waals surface area contributed by atoms with Crippen LogP contribution in [0.15, 0.2) is 29.1 Å². The summed E-state index contributed by atoms with van der Waals surface area (Å²) in [5.74, 6) is 0.677. The Morgan fingerprint density at radius 2 is 2.16 bits per heavy atom. The summed E-state index contributed by atoms with van der Waals surface area (Å²) < 4.78 is 13.0. The molecular weight excluding hydrogens is 359 g/mol. The smallest absolute Gasteiger partial charge is 0.260 e. The summed E-state index contributed by atoms with van der Waals surface area (Å²) in [6.45, 7) is 2.23. The number of hydrogen-bond acceptors (Lipinski definition) is 3. The molecule has 0 saturated heterocycles. The molecule has 0 bridgehead atoms. The van der Waals surface area contributed by atoms with E-state index in [0.717, 1.165) is 35.2 Å². The fourth-order valence-corrected chi connectivity index (χ4v) is 4.83. The van der Waals surface area contributed by atoms with E-state index in [0.29, 0.717) is 22.2 Å². The van der Waals surface area contributed by atoms with Crippen LogP contribution in [0.2, 0.25) is 0 Å². The van der Waals surface area contributed by atoms with Gasteiger partial charge in [0.25, 0.3) is 5.56 Å². The maximum Gasteiger partial charge on any atom is 0.260 e. The van der Waals surface area contributed by atoms with Crippen LogP contribution in [0, 0.1) is 11.7 Å². The van der Waals surface area contributed by atoms with Gasteiger partial charge in [-0.05, 0) is 54.5 Å². The van der Waals surface area contributed by atoms with Crippen LogP contribution in [0.4, 0.5) is 4.39 Å². The summed E-state index contributed by atoms with van der Waals surface area (Å²) in [5, 5.41) is 1.03. The third kappa shape index (κ3) is 3.14. The molecule has 128 valence electrons. The van der Waals surface area contributed by atoms with Gasteiger partial charge in [-0.25, -0.2) is 9.37 Å². The second kappa shape index (κ2) is 6.39. The predicted octanol–water partition coefficient (Wildman–Crippen LogP) is 4.99. The molecule has 0 unspecified atom stereocenters. The number of hydrogen-bond donors (Lipinski definition) is 1. The van der Waals surface area contributed by atoms with Crippen molar-refractivity contribution < 1.29 is 4.39 Å². The fourth-order valence-electron chi connectivity index (χ4n) is 3.24. The summed E-state index contributed by atoms with van der Waals surface area (Å²) in [6.07, 6.45) is 4.70. The molecule has 3 aromatic rings. The van der Waals surface area contributed by atoms with Crippen LogP contribution >= 0.6 is 22.9 Å². The van der Waals surface area contributed by atoms with Crippen LogP contribution < -0.4 is 5.56 Å². The molecule has 2 heterocycles. The van der Waals surface area contributed by atoms with Crippen LogP contribution in [-0.4, -0.2) is 9.97 Å². The number of rotatable bonds is 2. The molecule has 2 aromatic heterocycles. The molecule has 1 aliphatic rings. The van der Waals surface area contributed by atoms with Gasteiger partial charge in [0.2, 0.25) is 0 Å². The predicted molar refractivity (Wildman–Crippen MR) is 102 cm³/mol. The molecule has 1 N–H and O–H groups in total. The monoisotopic (exact) mass is 374 g/mol. The largest absolute Gasteiger partial charge is 0.305 e. The number of H-pyrrole nitrogens is 1. The van der Waals surface area contributed by atoms with Crippen molar-refractivity contribution in [2.75, 3.05) is 0 Å². The lowest BCUT2D eigenvalue weighted by atomic mass is 9.89. The van der Waals surface area contributed by atoms with Crippen LogP contribution in [0.1, 0.15) is 35.2 Å². The summed E-state index contributed by atoms with van der Waals surface area (Å²) in [6, 6.07) is 5.98. The molecule has 4 rings (SSSR count). The molecule has 6 heteroatoms. The number of thiophene rings is 1. The van der Waals surface area contributed by atoms with Crippen LogP contribution in [0.3, 0.4) is 0 Å². The average Bonchev–Trinajstić information content (AvgIpc) is 2.94. The lowest BCUT2D eigenvalue weighted by molar-refractivity contribution is 0.509. The fraction of sp³-hybridized carbons (Fsp3) is 0.263. The Hall–Kier alpha value is -1.98. The first kappa shape index (κ1) is 16.5. The van der Waals surface area contributed by atoms with Gasteiger partial charge in [-0.1, -0.05) is 30.7 Å². The van der Waals surface area contributed by atoms with Crippen molar-refractivity contribution in [1.82, 2.24) is 9.97 Å². The zero-order valence-corrected chi connectivity index (χ0v) is 15.2. The number of aryl methyl sites for hydroxylation is 1. The molecule has 1 aromatic carbocycles. The van der Waals surface area contributed by atoms with Crippen molar-refractivity contribution in [2.24, 2.45) is 5.92 Å². The van der Waals surface area contributed by atoms with Gasteiger partial charge in [0, 0.05) is 4.88 Å². The normalized spacial score (nSPS) is 17.7. The minimum Gasteiger partial charge on any atom is -0.305 e. The number of nitrogens with one attached hydrogen (secondary N) is 1. The van der Waals surface area contributed by atoms with Gasteiger partial charge in [-0.15, -0.1) is 11.3 Å². The van der Waals surface area contributed by atoms with Crippen molar-refractivity contribution in [3.05, 3.63) is 62.3 Å². The Kier molecular flexibility index (Phi) is 4.21. The number of halogens is 2. The van der Waals surface area contributed by atoms with E-state index in [9.17, 15) is 9.18 Å². The van der Waals surface area contributed by atoms with Gasteiger partial charge in [0.1, 0.15) is 10.6 Å². The zero-order valence-electron chi connectivity index (χ0n) is 13.6. The Morgan fingerprint density at radius 1 is 1.40 bits per heavy atom. The Labute approximate surface area is 153 Å². The van der Waals surface area contributed by atoms with Crippen LogP contribution in [0.25, 0.3) is 21.3 Å². The highest BCUT2D eigenvalue weighted by Crippen LogP contribution is 2.36. The Balaban J connectivity index is 1.78. The lowest BCUT2D eigenvalue weighted by Gasteiger charge is -2.17. The minimum atomic E-state index is -0.306. The molecule has 0 radical (unpaired) electrons. The summed E-state index contributed by atoms with van der Waals surface area (Å²) >= 11 is 7.93. The molecule has 1 aliphatic carbocycles. The third-order valence-electron chi connectivity index (χ3n) is 4.56. The average molecular weight is 375 g/mol. The number of aromatic nitrogens is 2. The van der Waals surface area contributed by atoms with Crippen molar-refractivity contribution >= 4 is 44.3 Å². The Morgan fingerprint density at radius 3 is 2.92 bits per heavy atom. The molecular formula is C19H16ClFN2OS. The second-order valence-electron chi connectivity index (χ2n) is 6.49. The van der Waals surface area contributed by atoms with Gasteiger partial charge in [-0.2, -0.15) is 0 Å². The van der Waals surface area contributed by atoms with E-state index in [4.69, 9.17) is 11.6 Å². The maximum absolute atomic E-state index is 13.0. The van der Waals surface area contributed by atoms with E-state index in [1.165, 1.54) is 17.0 Å². The van der Waals surface area contributed by atoms with Gasteiger partial charge in [0.15, 0.2) is 5.82 Å². The quantitative estimate of drug-likeness (QED) is 0.687. The van der Waals surface area contributed by atoms with Crippen molar-refractivity contribution in [2.45, 2.75) is 26.2 Å². The SMILES string of the molecule is C[C@H]1CCc2c(sc3nc(/C(Cl)=C/c4ccc(F)cc4)[nH]c(=O)c23)C1. The maximum atomic E-state index is 13.0. The van der Waals surface area contributed by atoms with Crippen LogP contribution in [-0.2, 0) is 12.8 Å². The third-order valence-corrected chi connectivity index (χ3v) is 5.99. The molecule has 0 aliphatic heterocycles. The molecule has 0 amide bonds. The van der Waals surface area contributed by atoms with Crippen molar-refractivity contribution in [1.29, 1.82) is 0 Å². The van der Waals surface area contributed by atoms with Crippen molar-refractivity contribution in [3.63, 3.8) is 0 Å².